The van der Waals surface area contributed by atoms with Crippen LogP contribution in [0.5, 0.6) is 0 Å². The fraction of sp³-hybridized carbons (Fsp3) is 0.833. The van der Waals surface area contributed by atoms with E-state index in [0.717, 1.165) is 19.6 Å². The Kier molecular flexibility index (Phi) is 4.92. The molecule has 3 fully saturated rings. The molecule has 0 aromatic carbocycles. The van der Waals surface area contributed by atoms with E-state index in [9.17, 15) is 13.2 Å². The van der Waals surface area contributed by atoms with Crippen LogP contribution in [0.25, 0.3) is 0 Å². The lowest BCUT2D eigenvalue weighted by Crippen LogP contribution is -2.56. The van der Waals surface area contributed by atoms with E-state index in [1.54, 1.807) is 0 Å². The molecule has 3 atom stereocenters. The maximum absolute atomic E-state index is 12.3. The fourth-order valence-electron chi connectivity index (χ4n) is 3.34. The first kappa shape index (κ1) is 17.4. The number of nitrogens with zero attached hydrogens (tertiary/aromatic N) is 2. The zero-order valence-electron chi connectivity index (χ0n) is 13.1. The maximum Gasteiger partial charge on any atom is 0.418 e. The average Bonchev–Trinajstić information content (AvgIpc) is 2.77. The van der Waals surface area contributed by atoms with Gasteiger partial charge in [-0.3, -0.25) is 9.96 Å². The minimum atomic E-state index is -4.75. The first-order valence-corrected chi connectivity index (χ1v) is 9.25. The summed E-state index contributed by atoms with van der Waals surface area (Å²) in [7, 11) is -4.75. The van der Waals surface area contributed by atoms with Crippen molar-refractivity contribution in [3.05, 3.63) is 0 Å². The third kappa shape index (κ3) is 3.78. The third-order valence-corrected chi connectivity index (χ3v) is 4.84. The quantitative estimate of drug-likeness (QED) is 0.217. The molecule has 5 N–H and O–H groups in total. The van der Waals surface area contributed by atoms with E-state index in [4.69, 9.17) is 9.96 Å². The van der Waals surface area contributed by atoms with Crippen molar-refractivity contribution >= 4 is 22.3 Å². The number of piperidine rings is 1. The maximum atomic E-state index is 12.3. The van der Waals surface area contributed by atoms with Crippen LogP contribution in [-0.4, -0.2) is 85.6 Å². The lowest BCUT2D eigenvalue weighted by atomic mass is 10.00. The number of fused-ring (bicyclic) bond motifs is 2. The van der Waals surface area contributed by atoms with Crippen LogP contribution in [0.15, 0.2) is 0 Å². The largest absolute Gasteiger partial charge is 0.418 e. The van der Waals surface area contributed by atoms with E-state index in [1.165, 1.54) is 4.90 Å². The Morgan fingerprint density at radius 3 is 2.88 bits per heavy atom. The van der Waals surface area contributed by atoms with Gasteiger partial charge in [0.25, 0.3) is 0 Å². The van der Waals surface area contributed by atoms with Crippen molar-refractivity contribution in [1.82, 2.24) is 25.9 Å². The number of carbonyl (C=O) groups is 1. The van der Waals surface area contributed by atoms with Gasteiger partial charge in [-0.2, -0.15) is 13.5 Å². The molecule has 3 heterocycles. The van der Waals surface area contributed by atoms with Gasteiger partial charge in [-0.15, -0.1) is 4.28 Å². The van der Waals surface area contributed by atoms with E-state index < -0.39 is 28.5 Å². The topological polar surface area (TPSA) is 147 Å². The lowest BCUT2D eigenvalue weighted by molar-refractivity contribution is -0.0316. The van der Waals surface area contributed by atoms with Gasteiger partial charge in [0, 0.05) is 38.8 Å². The molecule has 2 amide bonds. The molecule has 12 heteroatoms. The zero-order chi connectivity index (χ0) is 17.3. The predicted molar refractivity (Wildman–Crippen MR) is 83.8 cm³/mol. The van der Waals surface area contributed by atoms with Crippen molar-refractivity contribution in [2.24, 2.45) is 0 Å². The SMILES string of the molecule is N=C(NCC1CNCCN1)[C@@H]1CC[C@@H]2CN1C(=O)N2OS(=O)(=O)O. The van der Waals surface area contributed by atoms with Crippen LogP contribution in [0.4, 0.5) is 4.79 Å². The smallest absolute Gasteiger partial charge is 0.371 e. The number of rotatable bonds is 5. The number of urea groups is 1. The minimum absolute atomic E-state index is 0.212. The number of carbonyl (C=O) groups excluding carboxylic acids is 1. The standard InChI is InChI=1S/C12H22N6O5S/c13-11(16-6-8-5-14-3-4-15-8)10-2-1-9-7-17(10)12(19)18(9)23-24(20,21)22/h8-10,14-15H,1-7H2,(H2,13,16)(H,20,21,22)/t8?,9-,10+/m1/s1. The van der Waals surface area contributed by atoms with E-state index in [0.29, 0.717) is 24.4 Å². The Labute approximate surface area is 140 Å². The number of hydrogen-bond acceptors (Lipinski definition) is 7. The van der Waals surface area contributed by atoms with Gasteiger partial charge in [-0.25, -0.2) is 4.79 Å². The molecule has 24 heavy (non-hydrogen) atoms. The molecule has 0 radical (unpaired) electrons. The molecule has 3 aliphatic heterocycles. The summed E-state index contributed by atoms with van der Waals surface area (Å²) in [6, 6.07) is -1.32. The first-order chi connectivity index (χ1) is 11.3. The Hall–Kier alpha value is -1.47. The summed E-state index contributed by atoms with van der Waals surface area (Å²) in [5.41, 5.74) is 0. The van der Waals surface area contributed by atoms with Gasteiger partial charge in [0.2, 0.25) is 0 Å². The van der Waals surface area contributed by atoms with Gasteiger partial charge in [0.15, 0.2) is 0 Å². The molecular formula is C12H22N6O5S. The lowest BCUT2D eigenvalue weighted by Gasteiger charge is -2.32. The second-order valence-corrected chi connectivity index (χ2v) is 7.16. The van der Waals surface area contributed by atoms with E-state index >= 15 is 0 Å². The molecular weight excluding hydrogens is 340 g/mol. The van der Waals surface area contributed by atoms with E-state index in [2.05, 4.69) is 20.2 Å². The van der Waals surface area contributed by atoms with Gasteiger partial charge < -0.3 is 20.9 Å². The van der Waals surface area contributed by atoms with Gasteiger partial charge in [-0.1, -0.05) is 0 Å². The monoisotopic (exact) mass is 362 g/mol. The summed E-state index contributed by atoms with van der Waals surface area (Å²) in [5.74, 6) is 0.225. The van der Waals surface area contributed by atoms with Crippen LogP contribution < -0.4 is 16.0 Å². The molecule has 136 valence electrons. The van der Waals surface area contributed by atoms with Crippen molar-refractivity contribution in [3.63, 3.8) is 0 Å². The van der Waals surface area contributed by atoms with Gasteiger partial charge in [0.05, 0.1) is 12.1 Å². The molecule has 11 nitrogen and oxygen atoms in total. The van der Waals surface area contributed by atoms with Crippen LogP contribution in [-0.2, 0) is 14.7 Å². The molecule has 2 bridgehead atoms. The predicted octanol–water partition coefficient (Wildman–Crippen LogP) is -1.88. The number of piperazine rings is 1. The van der Waals surface area contributed by atoms with Crippen molar-refractivity contribution in [3.8, 4) is 0 Å². The Balaban J connectivity index is 1.58. The van der Waals surface area contributed by atoms with Gasteiger partial charge in [-0.05, 0) is 12.8 Å². The molecule has 0 spiro atoms. The molecule has 1 unspecified atom stereocenters. The second kappa shape index (κ2) is 6.80. The van der Waals surface area contributed by atoms with Crippen LogP contribution in [0.1, 0.15) is 12.8 Å². The summed E-state index contributed by atoms with van der Waals surface area (Å²) in [4.78, 5) is 13.7. The van der Waals surface area contributed by atoms with Crippen LogP contribution in [0.3, 0.4) is 0 Å². The van der Waals surface area contributed by atoms with E-state index in [-0.39, 0.29) is 18.4 Å². The summed E-state index contributed by atoms with van der Waals surface area (Å²) < 4.78 is 34.9. The molecule has 0 aromatic rings. The van der Waals surface area contributed by atoms with E-state index in [1.807, 2.05) is 0 Å². The molecule has 0 aromatic heterocycles. The van der Waals surface area contributed by atoms with Crippen molar-refractivity contribution in [1.29, 1.82) is 5.41 Å². The number of hydroxylamine groups is 2. The Bertz CT molecular complexity index is 607. The van der Waals surface area contributed by atoms with Crippen LogP contribution in [0.2, 0.25) is 0 Å². The number of amidine groups is 1. The highest BCUT2D eigenvalue weighted by molar-refractivity contribution is 7.80. The van der Waals surface area contributed by atoms with Crippen molar-refractivity contribution in [2.45, 2.75) is 31.0 Å². The summed E-state index contributed by atoms with van der Waals surface area (Å²) in [5, 5.41) is 18.5. The molecule has 0 saturated carbocycles. The van der Waals surface area contributed by atoms with Gasteiger partial charge >= 0.3 is 16.4 Å². The highest BCUT2D eigenvalue weighted by atomic mass is 32.3. The average molecular weight is 362 g/mol. The Morgan fingerprint density at radius 2 is 2.21 bits per heavy atom. The Morgan fingerprint density at radius 1 is 1.42 bits per heavy atom. The second-order valence-electron chi connectivity index (χ2n) is 6.16. The molecule has 0 aliphatic carbocycles. The minimum Gasteiger partial charge on any atom is -0.371 e. The normalized spacial score (nSPS) is 30.5. The summed E-state index contributed by atoms with van der Waals surface area (Å²) in [6.45, 7) is 3.44. The molecule has 3 saturated heterocycles. The number of nitrogens with one attached hydrogen (secondary N) is 4. The zero-order valence-corrected chi connectivity index (χ0v) is 13.9. The third-order valence-electron chi connectivity index (χ3n) is 4.50. The van der Waals surface area contributed by atoms with Crippen LogP contribution in [0, 0.1) is 5.41 Å². The van der Waals surface area contributed by atoms with Crippen LogP contribution >= 0.6 is 0 Å². The number of amides is 2. The molecule has 3 rings (SSSR count). The molecule has 3 aliphatic rings. The highest BCUT2D eigenvalue weighted by Crippen LogP contribution is 2.30. The van der Waals surface area contributed by atoms with Crippen molar-refractivity contribution in [2.75, 3.05) is 32.7 Å². The fourth-order valence-corrected chi connectivity index (χ4v) is 3.73. The van der Waals surface area contributed by atoms with Gasteiger partial charge in [0.1, 0.15) is 5.84 Å². The summed E-state index contributed by atoms with van der Waals surface area (Å²) in [6.07, 6.45) is 1.03. The van der Waals surface area contributed by atoms with Crippen molar-refractivity contribution < 1.29 is 22.0 Å². The number of hydrogen-bond donors (Lipinski definition) is 5. The highest BCUT2D eigenvalue weighted by Gasteiger charge is 2.48. The first-order valence-electron chi connectivity index (χ1n) is 7.88. The summed E-state index contributed by atoms with van der Waals surface area (Å²) >= 11 is 0.